The van der Waals surface area contributed by atoms with Crippen molar-refractivity contribution in [3.8, 4) is 11.5 Å². The molecule has 116 valence electrons. The zero-order valence-electron chi connectivity index (χ0n) is 12.3. The Hall–Kier alpha value is -1.95. The molecule has 1 unspecified atom stereocenters. The number of aliphatic carboxylic acids is 1. The van der Waals surface area contributed by atoms with E-state index >= 15 is 0 Å². The van der Waals surface area contributed by atoms with Crippen molar-refractivity contribution in [3.63, 3.8) is 0 Å². The van der Waals surface area contributed by atoms with Gasteiger partial charge in [-0.3, -0.25) is 4.79 Å². The van der Waals surface area contributed by atoms with Crippen molar-refractivity contribution in [2.75, 3.05) is 14.2 Å². The molecule has 0 spiro atoms. The molecule has 6 nitrogen and oxygen atoms in total. The van der Waals surface area contributed by atoms with Crippen molar-refractivity contribution < 1.29 is 24.2 Å². The van der Waals surface area contributed by atoms with E-state index in [1.165, 1.54) is 26.4 Å². The Kier molecular flexibility index (Phi) is 5.84. The van der Waals surface area contributed by atoms with Crippen molar-refractivity contribution in [1.82, 2.24) is 5.32 Å². The second-order valence-electron chi connectivity index (χ2n) is 4.73. The molecule has 0 aliphatic rings. The number of carbonyl (C=O) groups excluding carboxylic acids is 1. The fourth-order valence-corrected chi connectivity index (χ4v) is 2.07. The average Bonchev–Trinajstić information content (AvgIpc) is 2.42. The summed E-state index contributed by atoms with van der Waals surface area (Å²) in [6.07, 6.45) is 0. The van der Waals surface area contributed by atoms with E-state index in [-0.39, 0.29) is 16.5 Å². The zero-order chi connectivity index (χ0) is 16.2. The lowest BCUT2D eigenvalue weighted by Crippen LogP contribution is -2.44. The van der Waals surface area contributed by atoms with Gasteiger partial charge in [0.15, 0.2) is 11.5 Å². The summed E-state index contributed by atoms with van der Waals surface area (Å²) in [5.41, 5.74) is 0.199. The highest BCUT2D eigenvalue weighted by molar-refractivity contribution is 6.32. The molecule has 0 aromatic heterocycles. The predicted octanol–water partition coefficient (Wildman–Crippen LogP) is 2.20. The number of hydrogen-bond acceptors (Lipinski definition) is 4. The van der Waals surface area contributed by atoms with Gasteiger partial charge >= 0.3 is 5.97 Å². The molecule has 1 aromatic rings. The van der Waals surface area contributed by atoms with E-state index in [2.05, 4.69) is 5.32 Å². The number of benzene rings is 1. The molecule has 1 amide bonds. The molecule has 0 bridgehead atoms. The highest BCUT2D eigenvalue weighted by atomic mass is 35.5. The second kappa shape index (κ2) is 7.17. The fraction of sp³-hybridized carbons (Fsp3) is 0.429. The van der Waals surface area contributed by atoms with Gasteiger partial charge in [0.05, 0.1) is 19.2 Å². The van der Waals surface area contributed by atoms with Crippen molar-refractivity contribution >= 4 is 23.5 Å². The molecular weight excluding hydrogens is 298 g/mol. The Bertz CT molecular complexity index is 544. The summed E-state index contributed by atoms with van der Waals surface area (Å²) in [6.45, 7) is 3.42. The van der Waals surface area contributed by atoms with Crippen LogP contribution in [0.2, 0.25) is 5.02 Å². The summed E-state index contributed by atoms with van der Waals surface area (Å²) in [5.74, 6) is -1.27. The topological polar surface area (TPSA) is 84.9 Å². The summed E-state index contributed by atoms with van der Waals surface area (Å²) in [7, 11) is 2.85. The first-order valence-electron chi connectivity index (χ1n) is 6.27. The fourth-order valence-electron chi connectivity index (χ4n) is 1.79. The van der Waals surface area contributed by atoms with Gasteiger partial charge in [-0.1, -0.05) is 25.4 Å². The molecule has 0 fully saturated rings. The number of ether oxygens (including phenoxy) is 2. The van der Waals surface area contributed by atoms with E-state index in [0.29, 0.717) is 11.5 Å². The van der Waals surface area contributed by atoms with E-state index in [0.717, 1.165) is 0 Å². The Morgan fingerprint density at radius 1 is 1.24 bits per heavy atom. The van der Waals surface area contributed by atoms with Crippen LogP contribution in [0.3, 0.4) is 0 Å². The molecule has 1 aromatic carbocycles. The summed E-state index contributed by atoms with van der Waals surface area (Å²) >= 11 is 6.02. The number of halogens is 1. The summed E-state index contributed by atoms with van der Waals surface area (Å²) in [6, 6.07) is 1.86. The molecule has 0 saturated heterocycles. The van der Waals surface area contributed by atoms with Crippen LogP contribution in [0.4, 0.5) is 0 Å². The molecular formula is C14H18ClNO5. The van der Waals surface area contributed by atoms with E-state index < -0.39 is 17.9 Å². The predicted molar refractivity (Wildman–Crippen MR) is 78.3 cm³/mol. The molecule has 1 rings (SSSR count). The maximum absolute atomic E-state index is 12.2. The van der Waals surface area contributed by atoms with Gasteiger partial charge in [-0.2, -0.15) is 0 Å². The normalized spacial score (nSPS) is 11.9. The van der Waals surface area contributed by atoms with Gasteiger partial charge in [0.25, 0.3) is 5.91 Å². The van der Waals surface area contributed by atoms with Crippen molar-refractivity contribution in [2.45, 2.75) is 19.9 Å². The number of carbonyl (C=O) groups is 2. The van der Waals surface area contributed by atoms with Gasteiger partial charge in [-0.25, -0.2) is 4.79 Å². The zero-order valence-corrected chi connectivity index (χ0v) is 13.0. The molecule has 1 atom stereocenters. The van der Waals surface area contributed by atoms with Gasteiger partial charge < -0.3 is 19.9 Å². The van der Waals surface area contributed by atoms with Crippen LogP contribution >= 0.6 is 11.6 Å². The minimum absolute atomic E-state index is 0.199. The van der Waals surface area contributed by atoms with Crippen LogP contribution in [-0.4, -0.2) is 37.2 Å². The van der Waals surface area contributed by atoms with E-state index in [1.54, 1.807) is 13.8 Å². The molecule has 7 heteroatoms. The average molecular weight is 316 g/mol. The lowest BCUT2D eigenvalue weighted by atomic mass is 10.0. The van der Waals surface area contributed by atoms with Crippen LogP contribution in [0.25, 0.3) is 0 Å². The number of hydrogen-bond donors (Lipinski definition) is 2. The molecule has 0 aliphatic heterocycles. The van der Waals surface area contributed by atoms with Crippen LogP contribution in [0.15, 0.2) is 12.1 Å². The highest BCUT2D eigenvalue weighted by Crippen LogP contribution is 2.36. The SMILES string of the molecule is COc1cc(C(=O)NC(C(=O)O)C(C)C)cc(Cl)c1OC. The third-order valence-corrected chi connectivity index (χ3v) is 3.20. The van der Waals surface area contributed by atoms with Crippen LogP contribution in [0, 0.1) is 5.92 Å². The van der Waals surface area contributed by atoms with Crippen molar-refractivity contribution in [3.05, 3.63) is 22.7 Å². The Morgan fingerprint density at radius 3 is 2.29 bits per heavy atom. The Balaban J connectivity index is 3.08. The van der Waals surface area contributed by atoms with E-state index in [4.69, 9.17) is 26.2 Å². The van der Waals surface area contributed by atoms with Crippen molar-refractivity contribution in [1.29, 1.82) is 0 Å². The number of amides is 1. The van der Waals surface area contributed by atoms with Crippen LogP contribution in [0.5, 0.6) is 11.5 Å². The summed E-state index contributed by atoms with van der Waals surface area (Å²) in [5, 5.41) is 11.8. The van der Waals surface area contributed by atoms with Gasteiger partial charge in [0, 0.05) is 5.56 Å². The van der Waals surface area contributed by atoms with Crippen LogP contribution < -0.4 is 14.8 Å². The van der Waals surface area contributed by atoms with Gasteiger partial charge in [0.2, 0.25) is 0 Å². The van der Waals surface area contributed by atoms with E-state index in [1.807, 2.05) is 0 Å². The standard InChI is InChI=1S/C14H18ClNO5/c1-7(2)11(14(18)19)16-13(17)8-5-9(15)12(21-4)10(6-8)20-3/h5-7,11H,1-4H3,(H,16,17)(H,18,19). The number of methoxy groups -OCH3 is 2. The Labute approximate surface area is 128 Å². The number of carboxylic acids is 1. The molecule has 0 radical (unpaired) electrons. The first kappa shape index (κ1) is 17.1. The highest BCUT2D eigenvalue weighted by Gasteiger charge is 2.25. The third kappa shape index (κ3) is 4.01. The maximum atomic E-state index is 12.2. The minimum atomic E-state index is -1.09. The third-order valence-electron chi connectivity index (χ3n) is 2.92. The van der Waals surface area contributed by atoms with Crippen LogP contribution in [0.1, 0.15) is 24.2 Å². The second-order valence-corrected chi connectivity index (χ2v) is 5.13. The van der Waals surface area contributed by atoms with Crippen molar-refractivity contribution in [2.24, 2.45) is 5.92 Å². The molecule has 0 aliphatic carbocycles. The van der Waals surface area contributed by atoms with E-state index in [9.17, 15) is 9.59 Å². The maximum Gasteiger partial charge on any atom is 0.326 e. The monoisotopic (exact) mass is 315 g/mol. The quantitative estimate of drug-likeness (QED) is 0.840. The minimum Gasteiger partial charge on any atom is -0.493 e. The lowest BCUT2D eigenvalue weighted by molar-refractivity contribution is -0.140. The molecule has 21 heavy (non-hydrogen) atoms. The Morgan fingerprint density at radius 2 is 1.86 bits per heavy atom. The lowest BCUT2D eigenvalue weighted by Gasteiger charge is -2.18. The largest absolute Gasteiger partial charge is 0.493 e. The molecule has 0 heterocycles. The summed E-state index contributed by atoms with van der Waals surface area (Å²) in [4.78, 5) is 23.3. The van der Waals surface area contributed by atoms with Crippen LogP contribution in [-0.2, 0) is 4.79 Å². The summed E-state index contributed by atoms with van der Waals surface area (Å²) < 4.78 is 10.2. The first-order chi connectivity index (χ1) is 9.81. The number of rotatable bonds is 6. The number of nitrogens with one attached hydrogen (secondary N) is 1. The molecule has 0 saturated carbocycles. The molecule has 2 N–H and O–H groups in total. The van der Waals surface area contributed by atoms with Gasteiger partial charge in [-0.15, -0.1) is 0 Å². The van der Waals surface area contributed by atoms with Gasteiger partial charge in [-0.05, 0) is 18.1 Å². The van der Waals surface area contributed by atoms with Gasteiger partial charge in [0.1, 0.15) is 6.04 Å². The first-order valence-corrected chi connectivity index (χ1v) is 6.64. The number of carboxylic acid groups (broad SMARTS) is 1. The smallest absolute Gasteiger partial charge is 0.326 e.